The van der Waals surface area contributed by atoms with Crippen LogP contribution in [0.2, 0.25) is 0 Å². The number of hydrogen-bond acceptors (Lipinski definition) is 4. The molecule has 0 saturated carbocycles. The summed E-state index contributed by atoms with van der Waals surface area (Å²) in [7, 11) is 1.57. The van der Waals surface area contributed by atoms with E-state index in [1.54, 1.807) is 30.1 Å². The first kappa shape index (κ1) is 23.0. The van der Waals surface area contributed by atoms with E-state index in [4.69, 9.17) is 4.74 Å². The number of hydrogen-bond donors (Lipinski definition) is 1. The van der Waals surface area contributed by atoms with E-state index in [9.17, 15) is 14.4 Å². The van der Waals surface area contributed by atoms with Gasteiger partial charge in [-0.05, 0) is 42.3 Å². The van der Waals surface area contributed by atoms with Gasteiger partial charge in [0.1, 0.15) is 5.75 Å². The van der Waals surface area contributed by atoms with Gasteiger partial charge >= 0.3 is 0 Å². The van der Waals surface area contributed by atoms with Gasteiger partial charge in [0.05, 0.1) is 17.9 Å². The SMILES string of the molecule is C[C@@H]1CC(=O)Nc2ccccc2N1C(=O)CN(C)C(=O)COc1ccc(-c2ccccc2)cc1. The molecule has 0 unspecified atom stereocenters. The fourth-order valence-electron chi connectivity index (χ4n) is 3.96. The van der Waals surface area contributed by atoms with Gasteiger partial charge in [-0.2, -0.15) is 0 Å². The Morgan fingerprint density at radius 1 is 0.971 bits per heavy atom. The number of amides is 3. The minimum atomic E-state index is -0.334. The number of ether oxygens (including phenoxy) is 1. The zero-order valence-corrected chi connectivity index (χ0v) is 19.2. The Kier molecular flexibility index (Phi) is 6.92. The molecule has 7 nitrogen and oxygen atoms in total. The fraction of sp³-hybridized carbons (Fsp3) is 0.222. The van der Waals surface area contributed by atoms with E-state index < -0.39 is 0 Å². The summed E-state index contributed by atoms with van der Waals surface area (Å²) in [6.07, 6.45) is 0.181. The Hall–Kier alpha value is -4.13. The van der Waals surface area contributed by atoms with Crippen molar-refractivity contribution in [3.63, 3.8) is 0 Å². The van der Waals surface area contributed by atoms with Gasteiger partial charge in [-0.3, -0.25) is 14.4 Å². The number of likely N-dealkylation sites (N-methyl/N-ethyl adjacent to an activating group) is 1. The monoisotopic (exact) mass is 457 g/mol. The van der Waals surface area contributed by atoms with E-state index in [1.807, 2.05) is 67.6 Å². The van der Waals surface area contributed by atoms with Crippen LogP contribution in [0.1, 0.15) is 13.3 Å². The molecule has 174 valence electrons. The lowest BCUT2D eigenvalue weighted by Gasteiger charge is -2.29. The van der Waals surface area contributed by atoms with Crippen LogP contribution in [0.3, 0.4) is 0 Å². The molecule has 1 heterocycles. The maximum atomic E-state index is 13.1. The van der Waals surface area contributed by atoms with Gasteiger partial charge in [-0.1, -0.05) is 54.6 Å². The summed E-state index contributed by atoms with van der Waals surface area (Å²) in [5.41, 5.74) is 3.37. The van der Waals surface area contributed by atoms with Gasteiger partial charge in [-0.15, -0.1) is 0 Å². The smallest absolute Gasteiger partial charge is 0.260 e. The van der Waals surface area contributed by atoms with Crippen LogP contribution in [0.15, 0.2) is 78.9 Å². The van der Waals surface area contributed by atoms with Crippen LogP contribution in [-0.2, 0) is 14.4 Å². The molecule has 0 saturated heterocycles. The Labute approximate surface area is 198 Å². The highest BCUT2D eigenvalue weighted by Crippen LogP contribution is 2.31. The van der Waals surface area contributed by atoms with Crippen molar-refractivity contribution >= 4 is 29.1 Å². The summed E-state index contributed by atoms with van der Waals surface area (Å²) < 4.78 is 5.65. The van der Waals surface area contributed by atoms with E-state index in [1.165, 1.54) is 4.90 Å². The van der Waals surface area contributed by atoms with E-state index >= 15 is 0 Å². The quantitative estimate of drug-likeness (QED) is 0.608. The molecule has 1 N–H and O–H groups in total. The molecule has 1 aliphatic rings. The Morgan fingerprint density at radius 3 is 2.35 bits per heavy atom. The van der Waals surface area contributed by atoms with Crippen molar-refractivity contribution in [1.29, 1.82) is 0 Å². The lowest BCUT2D eigenvalue weighted by Crippen LogP contribution is -2.46. The zero-order chi connectivity index (χ0) is 24.1. The molecule has 0 aliphatic carbocycles. The van der Waals surface area contributed by atoms with Gasteiger partial charge in [0.15, 0.2) is 6.61 Å². The van der Waals surface area contributed by atoms with Crippen LogP contribution >= 0.6 is 0 Å². The molecule has 4 rings (SSSR count). The molecular weight excluding hydrogens is 430 g/mol. The number of nitrogens with one attached hydrogen (secondary N) is 1. The standard InChI is InChI=1S/C27H27N3O4/c1-19-16-25(31)28-23-10-6-7-11-24(23)30(19)26(32)17-29(2)27(33)18-34-22-14-12-21(13-15-22)20-8-4-3-5-9-20/h3-15,19H,16-18H2,1-2H3,(H,28,31)/t19-/m1/s1. The minimum Gasteiger partial charge on any atom is -0.484 e. The molecule has 0 spiro atoms. The van der Waals surface area contributed by atoms with Crippen LogP contribution in [-0.4, -0.2) is 48.9 Å². The van der Waals surface area contributed by atoms with Crippen molar-refractivity contribution in [2.75, 3.05) is 30.4 Å². The molecule has 7 heteroatoms. The van der Waals surface area contributed by atoms with Crippen LogP contribution in [0.4, 0.5) is 11.4 Å². The highest BCUT2D eigenvalue weighted by molar-refractivity contribution is 6.05. The molecule has 0 fully saturated rings. The average molecular weight is 458 g/mol. The summed E-state index contributed by atoms with van der Waals surface area (Å²) in [4.78, 5) is 40.9. The van der Waals surface area contributed by atoms with Crippen molar-refractivity contribution < 1.29 is 19.1 Å². The first-order valence-electron chi connectivity index (χ1n) is 11.2. The predicted molar refractivity (Wildman–Crippen MR) is 132 cm³/mol. The molecule has 3 amide bonds. The maximum absolute atomic E-state index is 13.1. The third-order valence-corrected chi connectivity index (χ3v) is 5.75. The molecule has 0 bridgehead atoms. The molecule has 3 aromatic rings. The Balaban J connectivity index is 1.36. The number of para-hydroxylation sites is 2. The molecule has 0 radical (unpaired) electrons. The summed E-state index contributed by atoms with van der Waals surface area (Å²) in [5.74, 6) is -0.149. The third kappa shape index (κ3) is 5.26. The number of benzene rings is 3. The van der Waals surface area contributed by atoms with Crippen molar-refractivity contribution in [1.82, 2.24) is 4.90 Å². The average Bonchev–Trinajstić information content (AvgIpc) is 2.97. The van der Waals surface area contributed by atoms with E-state index in [2.05, 4.69) is 5.32 Å². The summed E-state index contributed by atoms with van der Waals surface area (Å²) in [5, 5.41) is 2.83. The van der Waals surface area contributed by atoms with Crippen molar-refractivity contribution in [3.8, 4) is 16.9 Å². The Bertz CT molecular complexity index is 1180. The van der Waals surface area contributed by atoms with E-state index in [0.29, 0.717) is 17.1 Å². The number of carbonyl (C=O) groups excluding carboxylic acids is 3. The molecular formula is C27H27N3O4. The first-order valence-corrected chi connectivity index (χ1v) is 11.2. The van der Waals surface area contributed by atoms with Crippen molar-refractivity contribution in [2.45, 2.75) is 19.4 Å². The van der Waals surface area contributed by atoms with Crippen molar-refractivity contribution in [3.05, 3.63) is 78.9 Å². The lowest BCUT2D eigenvalue weighted by molar-refractivity contribution is -0.135. The normalized spacial score (nSPS) is 15.1. The molecule has 0 aromatic heterocycles. The maximum Gasteiger partial charge on any atom is 0.260 e. The highest BCUT2D eigenvalue weighted by Gasteiger charge is 2.30. The zero-order valence-electron chi connectivity index (χ0n) is 19.2. The van der Waals surface area contributed by atoms with Crippen LogP contribution in [0, 0.1) is 0 Å². The second-order valence-electron chi connectivity index (χ2n) is 8.31. The minimum absolute atomic E-state index is 0.123. The van der Waals surface area contributed by atoms with E-state index in [0.717, 1.165) is 11.1 Å². The number of nitrogens with zero attached hydrogens (tertiary/aromatic N) is 2. The van der Waals surface area contributed by atoms with Crippen LogP contribution in [0.25, 0.3) is 11.1 Å². The van der Waals surface area contributed by atoms with Gasteiger partial charge in [-0.25, -0.2) is 0 Å². The summed E-state index contributed by atoms with van der Waals surface area (Å²) >= 11 is 0. The fourth-order valence-corrected chi connectivity index (χ4v) is 3.96. The number of fused-ring (bicyclic) bond motifs is 1. The van der Waals surface area contributed by atoms with Crippen LogP contribution in [0.5, 0.6) is 5.75 Å². The van der Waals surface area contributed by atoms with Crippen molar-refractivity contribution in [2.24, 2.45) is 0 Å². The molecule has 1 aliphatic heterocycles. The highest BCUT2D eigenvalue weighted by atomic mass is 16.5. The number of rotatable bonds is 6. The van der Waals surface area contributed by atoms with Gasteiger partial charge in [0.25, 0.3) is 5.91 Å². The molecule has 34 heavy (non-hydrogen) atoms. The van der Waals surface area contributed by atoms with Gasteiger partial charge < -0.3 is 19.9 Å². The number of carbonyl (C=O) groups is 3. The Morgan fingerprint density at radius 2 is 1.62 bits per heavy atom. The molecule has 1 atom stereocenters. The predicted octanol–water partition coefficient (Wildman–Crippen LogP) is 3.95. The summed E-state index contributed by atoms with van der Waals surface area (Å²) in [6.45, 7) is 1.52. The first-order chi connectivity index (χ1) is 16.4. The molecule has 3 aromatic carbocycles. The topological polar surface area (TPSA) is 79.0 Å². The van der Waals surface area contributed by atoms with Gasteiger partial charge in [0, 0.05) is 19.5 Å². The third-order valence-electron chi connectivity index (χ3n) is 5.75. The second-order valence-corrected chi connectivity index (χ2v) is 8.31. The van der Waals surface area contributed by atoms with Crippen LogP contribution < -0.4 is 15.0 Å². The largest absolute Gasteiger partial charge is 0.484 e. The van der Waals surface area contributed by atoms with Gasteiger partial charge in [0.2, 0.25) is 11.8 Å². The number of anilines is 2. The second kappa shape index (κ2) is 10.2. The summed E-state index contributed by atoms with van der Waals surface area (Å²) in [6, 6.07) is 24.3. The van der Waals surface area contributed by atoms with E-state index in [-0.39, 0.29) is 43.3 Å². The lowest BCUT2D eigenvalue weighted by atomic mass is 10.1.